The molecule has 0 aliphatic heterocycles. The maximum absolute atomic E-state index is 11.3. The molecule has 160 valence electrons. The van der Waals surface area contributed by atoms with Gasteiger partial charge in [-0.3, -0.25) is 9.59 Å². The van der Waals surface area contributed by atoms with Crippen molar-refractivity contribution < 1.29 is 24.6 Å². The Kier molecular flexibility index (Phi) is 9.65. The van der Waals surface area contributed by atoms with E-state index in [1.165, 1.54) is 0 Å². The van der Waals surface area contributed by atoms with Gasteiger partial charge in [-0.2, -0.15) is 0 Å². The summed E-state index contributed by atoms with van der Waals surface area (Å²) < 4.78 is 0. The van der Waals surface area contributed by atoms with Gasteiger partial charge in [0.05, 0.1) is 0 Å². The van der Waals surface area contributed by atoms with Crippen molar-refractivity contribution in [3.63, 3.8) is 0 Å². The standard InChI is InChI=1S/C16H17NO2.C9H8O3/c18-16(19)15(11-13-7-3-1-4-8-13)17-12-14-9-5-2-6-10-14;10-8(9(11)12)6-7-4-2-1-3-5-7/h1-10,15,17H,11-12H2,(H,18,19);1-5H,6H2,(H,11,12). The highest BCUT2D eigenvalue weighted by Crippen LogP contribution is 2.05. The summed E-state index contributed by atoms with van der Waals surface area (Å²) >= 11 is 0. The first kappa shape index (κ1) is 23.5. The third-order valence-corrected chi connectivity index (χ3v) is 4.42. The molecule has 3 N–H and O–H groups in total. The first-order valence-corrected chi connectivity index (χ1v) is 9.80. The molecule has 0 radical (unpaired) electrons. The van der Waals surface area contributed by atoms with Crippen LogP contribution in [0.2, 0.25) is 0 Å². The third-order valence-electron chi connectivity index (χ3n) is 4.42. The van der Waals surface area contributed by atoms with E-state index in [9.17, 15) is 19.5 Å². The Morgan fingerprint density at radius 1 is 0.677 bits per heavy atom. The number of nitrogens with one attached hydrogen (secondary N) is 1. The van der Waals surface area contributed by atoms with E-state index in [2.05, 4.69) is 5.32 Å². The SMILES string of the molecule is O=C(O)C(=O)Cc1ccccc1.O=C(O)C(Cc1ccccc1)NCc1ccccc1. The van der Waals surface area contributed by atoms with Crippen molar-refractivity contribution in [2.45, 2.75) is 25.4 Å². The largest absolute Gasteiger partial charge is 0.480 e. The lowest BCUT2D eigenvalue weighted by molar-refractivity contribution is -0.148. The van der Waals surface area contributed by atoms with Crippen molar-refractivity contribution in [3.8, 4) is 0 Å². The molecule has 6 heteroatoms. The zero-order valence-electron chi connectivity index (χ0n) is 17.0. The van der Waals surface area contributed by atoms with E-state index in [-0.39, 0.29) is 6.42 Å². The molecule has 0 aliphatic rings. The van der Waals surface area contributed by atoms with E-state index in [1.54, 1.807) is 24.3 Å². The van der Waals surface area contributed by atoms with Gasteiger partial charge in [0.2, 0.25) is 5.78 Å². The molecular formula is C25H25NO5. The molecule has 0 heterocycles. The molecule has 6 nitrogen and oxygen atoms in total. The average molecular weight is 419 g/mol. The second kappa shape index (κ2) is 12.7. The van der Waals surface area contributed by atoms with Crippen molar-refractivity contribution in [1.82, 2.24) is 5.32 Å². The van der Waals surface area contributed by atoms with Gasteiger partial charge < -0.3 is 15.5 Å². The number of ketones is 1. The Labute approximate surface area is 181 Å². The molecular weight excluding hydrogens is 394 g/mol. The van der Waals surface area contributed by atoms with E-state index >= 15 is 0 Å². The fraction of sp³-hybridized carbons (Fsp3) is 0.160. The molecule has 0 saturated carbocycles. The smallest absolute Gasteiger partial charge is 0.372 e. The fourth-order valence-corrected chi connectivity index (χ4v) is 2.79. The molecule has 1 unspecified atom stereocenters. The van der Waals surface area contributed by atoms with Gasteiger partial charge in [-0.15, -0.1) is 0 Å². The average Bonchev–Trinajstić information content (AvgIpc) is 2.79. The second-order valence-corrected chi connectivity index (χ2v) is 6.84. The van der Waals surface area contributed by atoms with Crippen LogP contribution < -0.4 is 5.32 Å². The number of rotatable bonds is 9. The van der Waals surface area contributed by atoms with Crippen molar-refractivity contribution >= 4 is 17.7 Å². The quantitative estimate of drug-likeness (QED) is 0.460. The Hall–Kier alpha value is -3.77. The van der Waals surface area contributed by atoms with Crippen LogP contribution in [0.4, 0.5) is 0 Å². The maximum atomic E-state index is 11.3. The summed E-state index contributed by atoms with van der Waals surface area (Å²) in [6.07, 6.45) is 0.458. The zero-order valence-corrected chi connectivity index (χ0v) is 17.0. The minimum atomic E-state index is -1.38. The van der Waals surface area contributed by atoms with Gasteiger partial charge in [0.25, 0.3) is 0 Å². The van der Waals surface area contributed by atoms with Crippen LogP contribution in [0.1, 0.15) is 16.7 Å². The van der Waals surface area contributed by atoms with Gasteiger partial charge in [0, 0.05) is 13.0 Å². The highest BCUT2D eigenvalue weighted by Gasteiger charge is 2.17. The monoisotopic (exact) mass is 419 g/mol. The van der Waals surface area contributed by atoms with Gasteiger partial charge in [-0.25, -0.2) is 4.79 Å². The number of carboxylic acids is 2. The second-order valence-electron chi connectivity index (χ2n) is 6.84. The van der Waals surface area contributed by atoms with Gasteiger partial charge in [-0.05, 0) is 23.1 Å². The lowest BCUT2D eigenvalue weighted by Crippen LogP contribution is -2.38. The van der Waals surface area contributed by atoms with Gasteiger partial charge in [0.15, 0.2) is 0 Å². The Morgan fingerprint density at radius 3 is 1.58 bits per heavy atom. The molecule has 31 heavy (non-hydrogen) atoms. The summed E-state index contributed by atoms with van der Waals surface area (Å²) in [5, 5.41) is 20.6. The van der Waals surface area contributed by atoms with Crippen molar-refractivity contribution in [3.05, 3.63) is 108 Å². The molecule has 3 aromatic rings. The number of Topliss-reactive ketones (excluding diaryl/α,β-unsaturated/α-hetero) is 1. The Balaban J connectivity index is 0.000000245. The summed E-state index contributed by atoms with van der Waals surface area (Å²) in [6, 6.07) is 27.7. The molecule has 0 aromatic heterocycles. The fourth-order valence-electron chi connectivity index (χ4n) is 2.79. The Morgan fingerprint density at radius 2 is 1.13 bits per heavy atom. The van der Waals surface area contributed by atoms with E-state index in [1.807, 2.05) is 66.7 Å². The van der Waals surface area contributed by atoms with Crippen LogP contribution in [0.25, 0.3) is 0 Å². The summed E-state index contributed by atoms with van der Waals surface area (Å²) in [5.41, 5.74) is 2.84. The maximum Gasteiger partial charge on any atom is 0.372 e. The summed E-state index contributed by atoms with van der Waals surface area (Å²) in [5.74, 6) is -2.97. The highest BCUT2D eigenvalue weighted by molar-refractivity contribution is 6.33. The Bertz CT molecular complexity index is 959. The van der Waals surface area contributed by atoms with Crippen molar-refractivity contribution in [2.24, 2.45) is 0 Å². The first-order valence-electron chi connectivity index (χ1n) is 9.80. The zero-order chi connectivity index (χ0) is 22.5. The van der Waals surface area contributed by atoms with Crippen LogP contribution in [0.3, 0.4) is 0 Å². The van der Waals surface area contributed by atoms with E-state index < -0.39 is 23.8 Å². The molecule has 3 rings (SSSR count). The predicted octanol–water partition coefficient (Wildman–Crippen LogP) is 3.35. The molecule has 0 saturated heterocycles. The van der Waals surface area contributed by atoms with E-state index in [4.69, 9.17) is 5.11 Å². The normalized spacial score (nSPS) is 11.0. The number of carbonyl (C=O) groups is 3. The molecule has 0 fully saturated rings. The molecule has 1 atom stereocenters. The van der Waals surface area contributed by atoms with E-state index in [0.29, 0.717) is 13.0 Å². The minimum Gasteiger partial charge on any atom is -0.480 e. The number of hydrogen-bond acceptors (Lipinski definition) is 4. The molecule has 0 amide bonds. The molecule has 0 spiro atoms. The molecule has 3 aromatic carbocycles. The summed E-state index contributed by atoms with van der Waals surface area (Å²) in [4.78, 5) is 32.1. The van der Waals surface area contributed by atoms with Crippen LogP contribution in [-0.4, -0.2) is 34.0 Å². The number of carbonyl (C=O) groups excluding carboxylic acids is 1. The number of aliphatic carboxylic acids is 2. The van der Waals surface area contributed by atoms with Crippen molar-refractivity contribution in [2.75, 3.05) is 0 Å². The van der Waals surface area contributed by atoms with Crippen LogP contribution >= 0.6 is 0 Å². The van der Waals surface area contributed by atoms with Crippen molar-refractivity contribution in [1.29, 1.82) is 0 Å². The predicted molar refractivity (Wildman–Crippen MR) is 118 cm³/mol. The number of hydrogen-bond donors (Lipinski definition) is 3. The van der Waals surface area contributed by atoms with Crippen LogP contribution in [0.5, 0.6) is 0 Å². The van der Waals surface area contributed by atoms with Gasteiger partial charge in [-0.1, -0.05) is 91.0 Å². The van der Waals surface area contributed by atoms with Gasteiger partial charge in [0.1, 0.15) is 6.04 Å². The number of carboxylic acid groups (broad SMARTS) is 2. The topological polar surface area (TPSA) is 104 Å². The van der Waals surface area contributed by atoms with Gasteiger partial charge >= 0.3 is 11.9 Å². The highest BCUT2D eigenvalue weighted by atomic mass is 16.4. The van der Waals surface area contributed by atoms with Crippen LogP contribution in [0, 0.1) is 0 Å². The van der Waals surface area contributed by atoms with Crippen LogP contribution in [0.15, 0.2) is 91.0 Å². The van der Waals surface area contributed by atoms with Crippen LogP contribution in [-0.2, 0) is 33.8 Å². The van der Waals surface area contributed by atoms with E-state index in [0.717, 1.165) is 16.7 Å². The summed E-state index contributed by atoms with van der Waals surface area (Å²) in [7, 11) is 0. The molecule has 0 aliphatic carbocycles. The lowest BCUT2D eigenvalue weighted by Gasteiger charge is -2.14. The lowest BCUT2D eigenvalue weighted by atomic mass is 10.1. The molecule has 0 bridgehead atoms. The third kappa shape index (κ3) is 9.06. The summed E-state index contributed by atoms with van der Waals surface area (Å²) in [6.45, 7) is 0.560. The first-order chi connectivity index (χ1) is 15.0. The minimum absolute atomic E-state index is 0.0316. The number of benzene rings is 3.